The van der Waals surface area contributed by atoms with Crippen molar-refractivity contribution >= 4 is 28.6 Å². The lowest BCUT2D eigenvalue weighted by Crippen LogP contribution is -2.36. The summed E-state index contributed by atoms with van der Waals surface area (Å²) in [7, 11) is -5.71. The third-order valence-electron chi connectivity index (χ3n) is 5.03. The Bertz CT molecular complexity index is 1340. The van der Waals surface area contributed by atoms with Crippen molar-refractivity contribution in [3.8, 4) is 0 Å². The van der Waals surface area contributed by atoms with E-state index in [4.69, 9.17) is 18.9 Å². The van der Waals surface area contributed by atoms with Gasteiger partial charge in [-0.15, -0.1) is 0 Å². The van der Waals surface area contributed by atoms with Gasteiger partial charge in [0.15, 0.2) is 18.9 Å². The zero-order valence-corrected chi connectivity index (χ0v) is 21.6. The Morgan fingerprint density at radius 3 is 1.63 bits per heavy atom. The second-order valence-corrected chi connectivity index (χ2v) is 9.02. The van der Waals surface area contributed by atoms with Crippen molar-refractivity contribution < 1.29 is 71.9 Å². The number of rotatable bonds is 6. The first-order valence-corrected chi connectivity index (χ1v) is 12.5. The Balaban J connectivity index is 0.000000220. The molecule has 9 nitrogen and oxygen atoms in total. The van der Waals surface area contributed by atoms with Crippen molar-refractivity contribution in [2.45, 2.75) is 17.8 Å². The predicted octanol–water partition coefficient (Wildman–Crippen LogP) is 4.84. The van der Waals surface area contributed by atoms with Gasteiger partial charge in [-0.3, -0.25) is 4.79 Å². The van der Waals surface area contributed by atoms with Gasteiger partial charge in [0, 0.05) is 22.8 Å². The topological polar surface area (TPSA) is 114 Å². The minimum Gasteiger partial charge on any atom is -0.464 e. The summed E-state index contributed by atoms with van der Waals surface area (Å²) in [5.74, 6) is -3.71. The van der Waals surface area contributed by atoms with Gasteiger partial charge >= 0.3 is 21.4 Å². The van der Waals surface area contributed by atoms with E-state index in [1.807, 2.05) is 0 Å². The lowest BCUT2D eigenvalue weighted by molar-refractivity contribution is -0.157. The molecule has 0 unspecified atom stereocenters. The first-order valence-electron chi connectivity index (χ1n) is 11.2. The Hall–Kier alpha value is -3.38. The first-order chi connectivity index (χ1) is 19.2. The number of carbonyl (C=O) groups is 2. The van der Waals surface area contributed by atoms with Gasteiger partial charge in [-0.05, 0) is 12.1 Å². The molecule has 226 valence electrons. The molecule has 0 aromatic heterocycles. The number of hydrogen-bond acceptors (Lipinski definition) is 9. The van der Waals surface area contributed by atoms with Crippen LogP contribution in [0.1, 0.15) is 39.6 Å². The minimum absolute atomic E-state index is 0.0133. The third kappa shape index (κ3) is 9.06. The van der Waals surface area contributed by atoms with Gasteiger partial charge in [0.25, 0.3) is 6.08 Å². The minimum atomic E-state index is -6.22. The standard InChI is InChI=1S/C11H9F3O2.C10H9FO3.C3H3F3O4S/c12-9-3-1-2-7(8(9)6-10(13)14)11-15-4-5-16-11;11-9-3-1-2-7(8(9)6-12)10-13-4-5-14-10;1-10-2(7)3(4,5)11(6,8)9/h1-3,6,11H,4-5H2;1-3,6,10H,4-5H2;1H3. The summed E-state index contributed by atoms with van der Waals surface area (Å²) in [5.41, 5.74) is 0.566. The van der Waals surface area contributed by atoms with Gasteiger partial charge in [0.2, 0.25) is 0 Å². The number of hydrogen-bond donors (Lipinski definition) is 0. The number of esters is 1. The molecule has 0 atom stereocenters. The summed E-state index contributed by atoms with van der Waals surface area (Å²) in [5, 5.41) is -5.11. The number of halogens is 7. The van der Waals surface area contributed by atoms with Crippen LogP contribution in [-0.2, 0) is 38.7 Å². The molecule has 4 rings (SSSR count). The summed E-state index contributed by atoms with van der Waals surface area (Å²) >= 11 is 0. The number of carbonyl (C=O) groups excluding carboxylic acids is 2. The molecule has 17 heteroatoms. The van der Waals surface area contributed by atoms with Crippen LogP contribution in [0, 0.1) is 11.6 Å². The number of alkyl halides is 2. The maximum absolute atomic E-state index is 13.4. The smallest absolute Gasteiger partial charge is 0.464 e. The van der Waals surface area contributed by atoms with Crippen molar-refractivity contribution in [2.24, 2.45) is 0 Å². The summed E-state index contributed by atoms with van der Waals surface area (Å²) in [6.45, 7) is 1.70. The predicted molar refractivity (Wildman–Crippen MR) is 125 cm³/mol. The molecule has 0 radical (unpaired) electrons. The third-order valence-corrected chi connectivity index (χ3v) is 5.80. The quantitative estimate of drug-likeness (QED) is 0.194. The highest BCUT2D eigenvalue weighted by molar-refractivity contribution is 7.88. The normalized spacial score (nSPS) is 15.7. The van der Waals surface area contributed by atoms with Gasteiger partial charge < -0.3 is 23.7 Å². The summed E-state index contributed by atoms with van der Waals surface area (Å²) in [4.78, 5) is 20.5. The van der Waals surface area contributed by atoms with Crippen LogP contribution in [0.2, 0.25) is 0 Å². The molecule has 2 aromatic carbocycles. The SMILES string of the molecule is COC(=O)C(F)(F)S(=O)(=O)F.FC(F)=Cc1c(F)cccc1C1OCCO1.O=Cc1c(F)cccc1C1OCCO1. The lowest BCUT2D eigenvalue weighted by atomic mass is 10.1. The van der Waals surface area contributed by atoms with E-state index in [9.17, 15) is 48.2 Å². The maximum atomic E-state index is 13.4. The maximum Gasteiger partial charge on any atom is 0.470 e. The summed E-state index contributed by atoms with van der Waals surface area (Å²) < 4.78 is 129. The fourth-order valence-corrected chi connectivity index (χ4v) is 3.48. The Morgan fingerprint density at radius 2 is 1.29 bits per heavy atom. The molecule has 0 bridgehead atoms. The molecular formula is C24H21F7O9S. The van der Waals surface area contributed by atoms with Crippen molar-refractivity contribution in [2.75, 3.05) is 33.5 Å². The Kier molecular flexibility index (Phi) is 12.4. The molecule has 2 saturated heterocycles. The number of aldehydes is 1. The highest BCUT2D eigenvalue weighted by Gasteiger charge is 2.55. The van der Waals surface area contributed by atoms with E-state index in [1.165, 1.54) is 24.3 Å². The van der Waals surface area contributed by atoms with Gasteiger partial charge in [-0.1, -0.05) is 28.2 Å². The highest BCUT2D eigenvalue weighted by Crippen LogP contribution is 2.30. The van der Waals surface area contributed by atoms with Crippen LogP contribution in [0.5, 0.6) is 0 Å². The molecule has 0 spiro atoms. The van der Waals surface area contributed by atoms with Crippen molar-refractivity contribution in [1.29, 1.82) is 0 Å². The van der Waals surface area contributed by atoms with Gasteiger partial charge in [0.05, 0.1) is 39.1 Å². The number of methoxy groups -OCH3 is 1. The van der Waals surface area contributed by atoms with Crippen LogP contribution in [0.3, 0.4) is 0 Å². The highest BCUT2D eigenvalue weighted by atomic mass is 32.3. The largest absolute Gasteiger partial charge is 0.470 e. The molecule has 2 aliphatic rings. The van der Waals surface area contributed by atoms with Crippen molar-refractivity contribution in [1.82, 2.24) is 0 Å². The van der Waals surface area contributed by atoms with E-state index in [1.54, 1.807) is 6.07 Å². The zero-order chi connectivity index (χ0) is 30.8. The molecule has 0 N–H and O–H groups in total. The summed E-state index contributed by atoms with van der Waals surface area (Å²) in [6, 6.07) is 8.46. The van der Waals surface area contributed by atoms with Gasteiger partial charge in [0.1, 0.15) is 11.6 Å². The van der Waals surface area contributed by atoms with Crippen LogP contribution < -0.4 is 0 Å². The lowest BCUT2D eigenvalue weighted by Gasteiger charge is -2.12. The van der Waals surface area contributed by atoms with Crippen LogP contribution in [0.25, 0.3) is 6.08 Å². The van der Waals surface area contributed by atoms with E-state index >= 15 is 0 Å². The van der Waals surface area contributed by atoms with Crippen LogP contribution in [0.15, 0.2) is 42.5 Å². The molecule has 2 fully saturated rings. The fourth-order valence-electron chi connectivity index (χ4n) is 3.20. The molecule has 2 heterocycles. The number of ether oxygens (including phenoxy) is 5. The second kappa shape index (κ2) is 15.0. The van der Waals surface area contributed by atoms with E-state index in [2.05, 4.69) is 4.74 Å². The Labute approximate surface area is 228 Å². The van der Waals surface area contributed by atoms with Crippen molar-refractivity contribution in [3.05, 3.63) is 76.4 Å². The monoisotopic (exact) mass is 618 g/mol. The van der Waals surface area contributed by atoms with E-state index in [-0.39, 0.29) is 16.7 Å². The van der Waals surface area contributed by atoms with E-state index in [0.29, 0.717) is 51.5 Å². The van der Waals surface area contributed by atoms with Crippen LogP contribution in [0.4, 0.5) is 30.2 Å². The number of benzene rings is 2. The second-order valence-electron chi connectivity index (χ2n) is 7.63. The van der Waals surface area contributed by atoms with Gasteiger partial charge in [-0.2, -0.15) is 26.0 Å². The van der Waals surface area contributed by atoms with Crippen LogP contribution >= 0.6 is 0 Å². The molecular weight excluding hydrogens is 597 g/mol. The van der Waals surface area contributed by atoms with E-state index < -0.39 is 51.7 Å². The van der Waals surface area contributed by atoms with Crippen molar-refractivity contribution in [3.63, 3.8) is 0 Å². The molecule has 0 aliphatic carbocycles. The van der Waals surface area contributed by atoms with Crippen LogP contribution in [-0.4, -0.2) is 59.5 Å². The fraction of sp³-hybridized carbons (Fsp3) is 0.333. The average Bonchev–Trinajstić information content (AvgIpc) is 3.64. The molecule has 2 aliphatic heterocycles. The molecule has 0 saturated carbocycles. The average molecular weight is 618 g/mol. The summed E-state index contributed by atoms with van der Waals surface area (Å²) in [6.07, 6.45) is -2.36. The Morgan fingerprint density at radius 1 is 0.878 bits per heavy atom. The van der Waals surface area contributed by atoms with Gasteiger partial charge in [-0.25, -0.2) is 13.6 Å². The molecule has 0 amide bonds. The first kappa shape index (κ1) is 33.8. The zero-order valence-electron chi connectivity index (χ0n) is 20.8. The molecule has 41 heavy (non-hydrogen) atoms. The van der Waals surface area contributed by atoms with E-state index in [0.717, 1.165) is 6.07 Å². The molecule has 2 aromatic rings.